The fourth-order valence-corrected chi connectivity index (χ4v) is 1.77. The van der Waals surface area contributed by atoms with Gasteiger partial charge in [-0.25, -0.2) is 9.97 Å². The summed E-state index contributed by atoms with van der Waals surface area (Å²) in [6.45, 7) is 4.09. The molecule has 1 heterocycles. The molecule has 0 fully saturated rings. The van der Waals surface area contributed by atoms with Gasteiger partial charge >= 0.3 is 0 Å². The molecule has 0 atom stereocenters. The van der Waals surface area contributed by atoms with E-state index in [9.17, 15) is 0 Å². The monoisotopic (exact) mass is 242 g/mol. The van der Waals surface area contributed by atoms with Gasteiger partial charge in [0.25, 0.3) is 0 Å². The molecule has 0 spiro atoms. The summed E-state index contributed by atoms with van der Waals surface area (Å²) in [6, 6.07) is 8.38. The lowest BCUT2D eigenvalue weighted by Gasteiger charge is -2.09. The highest BCUT2D eigenvalue weighted by atomic mass is 15.0. The van der Waals surface area contributed by atoms with Crippen LogP contribution in [0.25, 0.3) is 0 Å². The molecule has 3 N–H and O–H groups in total. The topological polar surface area (TPSA) is 63.8 Å². The lowest BCUT2D eigenvalue weighted by atomic mass is 10.1. The van der Waals surface area contributed by atoms with E-state index in [1.165, 1.54) is 11.9 Å². The second-order valence-electron chi connectivity index (χ2n) is 4.30. The molecule has 0 aliphatic rings. The normalized spacial score (nSPS) is 10.3. The third-order valence-corrected chi connectivity index (χ3v) is 2.88. The van der Waals surface area contributed by atoms with Crippen molar-refractivity contribution in [2.24, 2.45) is 0 Å². The zero-order valence-electron chi connectivity index (χ0n) is 10.8. The molecular formula is C14H18N4. The number of hydrogen-bond acceptors (Lipinski definition) is 4. The fourth-order valence-electron chi connectivity index (χ4n) is 1.77. The van der Waals surface area contributed by atoms with Gasteiger partial charge in [0.15, 0.2) is 0 Å². The van der Waals surface area contributed by atoms with E-state index in [1.807, 2.05) is 6.92 Å². The van der Waals surface area contributed by atoms with Gasteiger partial charge in [-0.15, -0.1) is 0 Å². The van der Waals surface area contributed by atoms with Crippen molar-refractivity contribution in [2.45, 2.75) is 26.7 Å². The second kappa shape index (κ2) is 5.49. The molecule has 0 bridgehead atoms. The van der Waals surface area contributed by atoms with Crippen LogP contribution in [-0.4, -0.2) is 9.97 Å². The Morgan fingerprint density at radius 1 is 1.17 bits per heavy atom. The molecule has 0 aliphatic heterocycles. The van der Waals surface area contributed by atoms with Crippen LogP contribution in [0.15, 0.2) is 30.6 Å². The predicted octanol–water partition coefficient (Wildman–Crippen LogP) is 3.06. The van der Waals surface area contributed by atoms with Crippen LogP contribution in [0.3, 0.4) is 0 Å². The smallest absolute Gasteiger partial charge is 0.138 e. The molecule has 0 aliphatic carbocycles. The van der Waals surface area contributed by atoms with E-state index in [-0.39, 0.29) is 0 Å². The first-order valence-electron chi connectivity index (χ1n) is 6.13. The van der Waals surface area contributed by atoms with Crippen LogP contribution in [0.1, 0.15) is 24.5 Å². The van der Waals surface area contributed by atoms with Crippen LogP contribution in [0.2, 0.25) is 0 Å². The molecule has 0 saturated carbocycles. The molecule has 2 aromatic rings. The first-order chi connectivity index (χ1) is 8.70. The molecule has 18 heavy (non-hydrogen) atoms. The van der Waals surface area contributed by atoms with Gasteiger partial charge in [-0.3, -0.25) is 0 Å². The van der Waals surface area contributed by atoms with Gasteiger partial charge in [0.1, 0.15) is 18.0 Å². The number of nitrogens with two attached hydrogens (primary N) is 1. The van der Waals surface area contributed by atoms with Crippen molar-refractivity contribution >= 4 is 17.3 Å². The van der Waals surface area contributed by atoms with Crippen LogP contribution in [-0.2, 0) is 6.42 Å². The number of nitrogens with zero attached hydrogens (tertiary/aromatic N) is 2. The Morgan fingerprint density at radius 2 is 1.89 bits per heavy atom. The highest BCUT2D eigenvalue weighted by Crippen LogP contribution is 2.20. The van der Waals surface area contributed by atoms with Crippen LogP contribution >= 0.6 is 0 Å². The molecule has 4 heteroatoms. The first-order valence-corrected chi connectivity index (χ1v) is 6.13. The highest BCUT2D eigenvalue weighted by Gasteiger charge is 2.04. The van der Waals surface area contributed by atoms with E-state index >= 15 is 0 Å². The van der Waals surface area contributed by atoms with Crippen LogP contribution in [0.5, 0.6) is 0 Å². The van der Waals surface area contributed by atoms with Gasteiger partial charge in [-0.2, -0.15) is 0 Å². The molecule has 94 valence electrons. The number of rotatable bonds is 4. The minimum Gasteiger partial charge on any atom is -0.383 e. The molecule has 0 amide bonds. The predicted molar refractivity (Wildman–Crippen MR) is 74.9 cm³/mol. The number of nitrogen functional groups attached to an aromatic ring is 1. The summed E-state index contributed by atoms with van der Waals surface area (Å²) < 4.78 is 0. The number of aromatic nitrogens is 2. The van der Waals surface area contributed by atoms with Gasteiger partial charge in [0.05, 0.1) is 0 Å². The maximum atomic E-state index is 5.75. The highest BCUT2D eigenvalue weighted by molar-refractivity contribution is 5.63. The number of nitrogens with one attached hydrogen (secondary N) is 1. The fraction of sp³-hybridized carbons (Fsp3) is 0.286. The molecule has 1 aromatic carbocycles. The Morgan fingerprint density at radius 3 is 2.56 bits per heavy atom. The Hall–Kier alpha value is -2.10. The zero-order valence-corrected chi connectivity index (χ0v) is 10.8. The molecule has 4 nitrogen and oxygen atoms in total. The molecule has 2 rings (SSSR count). The lowest BCUT2D eigenvalue weighted by Crippen LogP contribution is -2.02. The van der Waals surface area contributed by atoms with Crippen molar-refractivity contribution in [2.75, 3.05) is 11.1 Å². The maximum absolute atomic E-state index is 5.75. The van der Waals surface area contributed by atoms with E-state index in [4.69, 9.17) is 5.73 Å². The number of anilines is 3. The van der Waals surface area contributed by atoms with Crippen molar-refractivity contribution < 1.29 is 0 Å². The van der Waals surface area contributed by atoms with Crippen molar-refractivity contribution in [3.63, 3.8) is 0 Å². The Kier molecular flexibility index (Phi) is 3.77. The van der Waals surface area contributed by atoms with Crippen LogP contribution in [0, 0.1) is 6.92 Å². The average molecular weight is 242 g/mol. The molecule has 0 saturated heterocycles. The van der Waals surface area contributed by atoms with Crippen molar-refractivity contribution in [3.8, 4) is 0 Å². The van der Waals surface area contributed by atoms with E-state index in [2.05, 4.69) is 46.5 Å². The summed E-state index contributed by atoms with van der Waals surface area (Å²) in [5.41, 5.74) is 8.98. The summed E-state index contributed by atoms with van der Waals surface area (Å²) in [7, 11) is 0. The minimum atomic E-state index is 0.509. The van der Waals surface area contributed by atoms with E-state index in [0.717, 1.165) is 29.9 Å². The van der Waals surface area contributed by atoms with Gasteiger partial charge in [0.2, 0.25) is 0 Å². The van der Waals surface area contributed by atoms with Crippen molar-refractivity contribution in [1.82, 2.24) is 9.97 Å². The van der Waals surface area contributed by atoms with E-state index in [1.54, 1.807) is 0 Å². The molecular weight excluding hydrogens is 224 g/mol. The van der Waals surface area contributed by atoms with Gasteiger partial charge in [-0.1, -0.05) is 25.5 Å². The average Bonchev–Trinajstić information content (AvgIpc) is 2.38. The minimum absolute atomic E-state index is 0.509. The summed E-state index contributed by atoms with van der Waals surface area (Å²) >= 11 is 0. The number of aryl methyl sites for hydroxylation is 1. The van der Waals surface area contributed by atoms with Crippen molar-refractivity contribution in [1.29, 1.82) is 0 Å². The van der Waals surface area contributed by atoms with E-state index in [0.29, 0.717) is 5.82 Å². The van der Waals surface area contributed by atoms with E-state index < -0.39 is 0 Å². The Balaban J connectivity index is 2.16. The van der Waals surface area contributed by atoms with Crippen LogP contribution < -0.4 is 11.1 Å². The summed E-state index contributed by atoms with van der Waals surface area (Å²) in [5.74, 6) is 1.26. The largest absolute Gasteiger partial charge is 0.383 e. The SMILES string of the molecule is CCCc1ccc(Nc2ncnc(N)c2C)cc1. The Bertz CT molecular complexity index is 520. The molecule has 0 radical (unpaired) electrons. The number of benzene rings is 1. The summed E-state index contributed by atoms with van der Waals surface area (Å²) in [5, 5.41) is 3.25. The lowest BCUT2D eigenvalue weighted by molar-refractivity contribution is 0.922. The van der Waals surface area contributed by atoms with Crippen molar-refractivity contribution in [3.05, 3.63) is 41.7 Å². The first kappa shape index (κ1) is 12.4. The summed E-state index contributed by atoms with van der Waals surface area (Å²) in [6.07, 6.45) is 3.74. The third kappa shape index (κ3) is 2.77. The second-order valence-corrected chi connectivity index (χ2v) is 4.30. The summed E-state index contributed by atoms with van der Waals surface area (Å²) in [4.78, 5) is 8.14. The third-order valence-electron chi connectivity index (χ3n) is 2.88. The maximum Gasteiger partial charge on any atom is 0.138 e. The van der Waals surface area contributed by atoms with Gasteiger partial charge < -0.3 is 11.1 Å². The number of hydrogen-bond donors (Lipinski definition) is 2. The van der Waals surface area contributed by atoms with Gasteiger partial charge in [0, 0.05) is 11.3 Å². The Labute approximate surface area is 107 Å². The quantitative estimate of drug-likeness (QED) is 0.864. The van der Waals surface area contributed by atoms with Crippen LogP contribution in [0.4, 0.5) is 17.3 Å². The molecule has 1 aromatic heterocycles. The molecule has 0 unspecified atom stereocenters. The zero-order chi connectivity index (χ0) is 13.0. The van der Waals surface area contributed by atoms with Gasteiger partial charge in [-0.05, 0) is 31.0 Å². The standard InChI is InChI=1S/C14H18N4/c1-3-4-11-5-7-12(8-6-11)18-14-10(2)13(15)16-9-17-14/h5-9H,3-4H2,1-2H3,(H3,15,16,17,18).